The van der Waals surface area contributed by atoms with Crippen molar-refractivity contribution in [2.24, 2.45) is 5.16 Å². The zero-order valence-corrected chi connectivity index (χ0v) is 9.13. The minimum Gasteiger partial charge on any atom is -0.357 e. The third kappa shape index (κ3) is 2.70. The van der Waals surface area contributed by atoms with Crippen molar-refractivity contribution >= 4 is 6.21 Å². The molecule has 2 heteroatoms. The van der Waals surface area contributed by atoms with Crippen LogP contribution < -0.4 is 4.84 Å². The first-order valence-electron chi connectivity index (χ1n) is 5.17. The van der Waals surface area contributed by atoms with E-state index >= 15 is 0 Å². The number of oxime groups is 1. The van der Waals surface area contributed by atoms with E-state index in [0.717, 1.165) is 11.3 Å². The van der Waals surface area contributed by atoms with Gasteiger partial charge in [-0.15, -0.1) is 0 Å². The van der Waals surface area contributed by atoms with Crippen molar-refractivity contribution in [3.05, 3.63) is 65.7 Å². The van der Waals surface area contributed by atoms with Gasteiger partial charge in [0.2, 0.25) is 0 Å². The summed E-state index contributed by atoms with van der Waals surface area (Å²) in [7, 11) is 0. The lowest BCUT2D eigenvalue weighted by molar-refractivity contribution is 0.344. The van der Waals surface area contributed by atoms with E-state index in [9.17, 15) is 0 Å². The molecule has 0 spiro atoms. The summed E-state index contributed by atoms with van der Waals surface area (Å²) in [5.74, 6) is 0.743. The molecule has 2 nitrogen and oxygen atoms in total. The smallest absolute Gasteiger partial charge is 0.157 e. The summed E-state index contributed by atoms with van der Waals surface area (Å²) < 4.78 is 0. The van der Waals surface area contributed by atoms with Crippen LogP contribution in [0.2, 0.25) is 0 Å². The molecule has 2 aromatic rings. The highest BCUT2D eigenvalue weighted by Crippen LogP contribution is 2.09. The maximum absolute atomic E-state index is 5.23. The van der Waals surface area contributed by atoms with E-state index in [2.05, 4.69) is 5.16 Å². The summed E-state index contributed by atoms with van der Waals surface area (Å²) in [4.78, 5) is 5.23. The first-order chi connectivity index (χ1) is 7.86. The van der Waals surface area contributed by atoms with Crippen LogP contribution in [0.5, 0.6) is 5.75 Å². The predicted octanol–water partition coefficient (Wildman–Crippen LogP) is 3.41. The van der Waals surface area contributed by atoms with Gasteiger partial charge in [0, 0.05) is 0 Å². The van der Waals surface area contributed by atoms with Crippen molar-refractivity contribution in [3.63, 3.8) is 0 Å². The molecule has 0 bridgehead atoms. The molecule has 0 aliphatic carbocycles. The Hall–Kier alpha value is -2.09. The lowest BCUT2D eigenvalue weighted by Gasteiger charge is -1.99. The van der Waals surface area contributed by atoms with Crippen LogP contribution in [0, 0.1) is 6.92 Å². The van der Waals surface area contributed by atoms with Gasteiger partial charge in [0.15, 0.2) is 5.75 Å². The van der Waals surface area contributed by atoms with Gasteiger partial charge in [-0.1, -0.05) is 47.6 Å². The second-order valence-electron chi connectivity index (χ2n) is 3.50. The van der Waals surface area contributed by atoms with Gasteiger partial charge in [0.25, 0.3) is 0 Å². The Morgan fingerprint density at radius 3 is 2.38 bits per heavy atom. The normalized spacial score (nSPS) is 10.6. The van der Waals surface area contributed by atoms with Crippen LogP contribution in [0.3, 0.4) is 0 Å². The molecular formula is C14H13NO. The van der Waals surface area contributed by atoms with Crippen molar-refractivity contribution in [1.82, 2.24) is 0 Å². The van der Waals surface area contributed by atoms with Crippen LogP contribution in [0.25, 0.3) is 0 Å². The van der Waals surface area contributed by atoms with Gasteiger partial charge < -0.3 is 4.84 Å². The number of nitrogens with zero attached hydrogens (tertiary/aromatic N) is 1. The lowest BCUT2D eigenvalue weighted by atomic mass is 10.1. The molecule has 2 aromatic carbocycles. The molecular weight excluding hydrogens is 198 g/mol. The van der Waals surface area contributed by atoms with Crippen molar-refractivity contribution in [3.8, 4) is 5.75 Å². The second kappa shape index (κ2) is 5.12. The van der Waals surface area contributed by atoms with E-state index in [4.69, 9.17) is 4.84 Å². The highest BCUT2D eigenvalue weighted by molar-refractivity contribution is 5.81. The molecule has 16 heavy (non-hydrogen) atoms. The molecule has 0 unspecified atom stereocenters. The van der Waals surface area contributed by atoms with Gasteiger partial charge in [0.05, 0.1) is 6.21 Å². The van der Waals surface area contributed by atoms with E-state index in [1.54, 1.807) is 6.21 Å². The van der Waals surface area contributed by atoms with Gasteiger partial charge in [-0.2, -0.15) is 0 Å². The molecule has 0 aliphatic rings. The first kappa shape index (κ1) is 10.4. The first-order valence-corrected chi connectivity index (χ1v) is 5.17. The van der Waals surface area contributed by atoms with E-state index in [1.807, 2.05) is 61.5 Å². The average Bonchev–Trinajstić information content (AvgIpc) is 2.33. The zero-order chi connectivity index (χ0) is 11.2. The maximum Gasteiger partial charge on any atom is 0.157 e. The molecule has 0 saturated heterocycles. The summed E-state index contributed by atoms with van der Waals surface area (Å²) in [6.07, 6.45) is 1.72. The molecule has 2 rings (SSSR count). The maximum atomic E-state index is 5.23. The fraction of sp³-hybridized carbons (Fsp3) is 0.0714. The standard InChI is InChI=1S/C14H13NO/c1-12-7-5-6-8-13(12)11-15-16-14-9-3-2-4-10-14/h2-11H,1H3/b15-11+. The lowest BCUT2D eigenvalue weighted by Crippen LogP contribution is -1.89. The summed E-state index contributed by atoms with van der Waals surface area (Å²) in [6, 6.07) is 17.6. The molecule has 0 heterocycles. The van der Waals surface area contributed by atoms with E-state index in [0.29, 0.717) is 0 Å². The van der Waals surface area contributed by atoms with Crippen LogP contribution in [0.1, 0.15) is 11.1 Å². The Balaban J connectivity index is 2.03. The predicted molar refractivity (Wildman–Crippen MR) is 65.8 cm³/mol. The molecule has 80 valence electrons. The molecule has 0 aromatic heterocycles. The molecule has 0 aliphatic heterocycles. The number of aryl methyl sites for hydroxylation is 1. The minimum absolute atomic E-state index is 0.743. The fourth-order valence-electron chi connectivity index (χ4n) is 1.36. The summed E-state index contributed by atoms with van der Waals surface area (Å²) in [6.45, 7) is 2.05. The molecule has 0 N–H and O–H groups in total. The topological polar surface area (TPSA) is 21.6 Å². The Morgan fingerprint density at radius 1 is 0.938 bits per heavy atom. The summed E-state index contributed by atoms with van der Waals surface area (Å²) in [5, 5.41) is 3.95. The van der Waals surface area contributed by atoms with Gasteiger partial charge >= 0.3 is 0 Å². The number of para-hydroxylation sites is 1. The van der Waals surface area contributed by atoms with Crippen molar-refractivity contribution in [2.45, 2.75) is 6.92 Å². The average molecular weight is 211 g/mol. The van der Waals surface area contributed by atoms with Crippen molar-refractivity contribution < 1.29 is 4.84 Å². The molecule has 0 saturated carbocycles. The van der Waals surface area contributed by atoms with Crippen LogP contribution in [-0.4, -0.2) is 6.21 Å². The largest absolute Gasteiger partial charge is 0.357 e. The van der Waals surface area contributed by atoms with Crippen LogP contribution in [-0.2, 0) is 0 Å². The van der Waals surface area contributed by atoms with Crippen LogP contribution in [0.15, 0.2) is 59.8 Å². The Bertz CT molecular complexity index is 477. The molecule has 0 fully saturated rings. The van der Waals surface area contributed by atoms with Crippen molar-refractivity contribution in [2.75, 3.05) is 0 Å². The van der Waals surface area contributed by atoms with E-state index in [1.165, 1.54) is 5.56 Å². The van der Waals surface area contributed by atoms with Gasteiger partial charge in [-0.3, -0.25) is 0 Å². The summed E-state index contributed by atoms with van der Waals surface area (Å²) in [5.41, 5.74) is 2.25. The number of benzene rings is 2. The number of hydrogen-bond donors (Lipinski definition) is 0. The number of rotatable bonds is 3. The quantitative estimate of drug-likeness (QED) is 0.563. The summed E-state index contributed by atoms with van der Waals surface area (Å²) >= 11 is 0. The highest BCUT2D eigenvalue weighted by atomic mass is 16.6. The Kier molecular flexibility index (Phi) is 3.34. The second-order valence-corrected chi connectivity index (χ2v) is 3.50. The Labute approximate surface area is 95.2 Å². The van der Waals surface area contributed by atoms with E-state index in [-0.39, 0.29) is 0 Å². The molecule has 0 radical (unpaired) electrons. The minimum atomic E-state index is 0.743. The van der Waals surface area contributed by atoms with Gasteiger partial charge in [-0.05, 0) is 30.2 Å². The molecule has 0 atom stereocenters. The fourth-order valence-corrected chi connectivity index (χ4v) is 1.36. The molecule has 0 amide bonds. The zero-order valence-electron chi connectivity index (χ0n) is 9.13. The SMILES string of the molecule is Cc1ccccc1/C=N/Oc1ccccc1. The van der Waals surface area contributed by atoms with Gasteiger partial charge in [-0.25, -0.2) is 0 Å². The van der Waals surface area contributed by atoms with Crippen molar-refractivity contribution in [1.29, 1.82) is 0 Å². The van der Waals surface area contributed by atoms with Crippen LogP contribution >= 0.6 is 0 Å². The number of hydrogen-bond acceptors (Lipinski definition) is 2. The third-order valence-corrected chi connectivity index (χ3v) is 2.28. The van der Waals surface area contributed by atoms with E-state index < -0.39 is 0 Å². The van der Waals surface area contributed by atoms with Gasteiger partial charge in [0.1, 0.15) is 0 Å². The van der Waals surface area contributed by atoms with Crippen LogP contribution in [0.4, 0.5) is 0 Å². The highest BCUT2D eigenvalue weighted by Gasteiger charge is 1.92. The monoisotopic (exact) mass is 211 g/mol. The third-order valence-electron chi connectivity index (χ3n) is 2.28. The Morgan fingerprint density at radius 2 is 1.62 bits per heavy atom.